The molecule has 0 amide bonds. The van der Waals surface area contributed by atoms with Gasteiger partial charge in [-0.15, -0.1) is 0 Å². The van der Waals surface area contributed by atoms with E-state index >= 15 is 0 Å². The van der Waals surface area contributed by atoms with Crippen LogP contribution in [0.15, 0.2) is 12.1 Å². The summed E-state index contributed by atoms with van der Waals surface area (Å²) in [5.74, 6) is 0.791. The average Bonchev–Trinajstić information content (AvgIpc) is 2.32. The molecule has 0 saturated carbocycles. The fraction of sp³-hybridized carbons (Fsp3) is 0.583. The van der Waals surface area contributed by atoms with Crippen LogP contribution in [0.5, 0.6) is 0 Å². The highest BCUT2D eigenvalue weighted by Crippen LogP contribution is 2.29. The molecule has 2 atom stereocenters. The molecule has 0 bridgehead atoms. The van der Waals surface area contributed by atoms with E-state index in [9.17, 15) is 10.1 Å². The standard InChI is InChI=1S/C12H18N4O2/c1-8-7-15(6-5-10(8)13)12-11(16(17)18)4-3-9(2)14-12/h3-4,8,10H,5-7,13H2,1-2H3. The van der Waals surface area contributed by atoms with Crippen molar-refractivity contribution in [3.63, 3.8) is 0 Å². The zero-order valence-electron chi connectivity index (χ0n) is 10.7. The molecule has 0 aliphatic carbocycles. The third kappa shape index (κ3) is 2.43. The first-order valence-corrected chi connectivity index (χ1v) is 6.11. The number of hydrogen-bond donors (Lipinski definition) is 1. The van der Waals surface area contributed by atoms with Crippen molar-refractivity contribution in [3.05, 3.63) is 27.9 Å². The van der Waals surface area contributed by atoms with Gasteiger partial charge in [0.1, 0.15) is 0 Å². The number of anilines is 1. The minimum absolute atomic E-state index is 0.0725. The third-order valence-electron chi connectivity index (χ3n) is 3.46. The second-order valence-electron chi connectivity index (χ2n) is 4.93. The lowest BCUT2D eigenvalue weighted by Gasteiger charge is -2.35. The van der Waals surface area contributed by atoms with E-state index in [-0.39, 0.29) is 16.7 Å². The highest BCUT2D eigenvalue weighted by atomic mass is 16.6. The Kier molecular flexibility index (Phi) is 3.47. The van der Waals surface area contributed by atoms with Gasteiger partial charge in [0.05, 0.1) is 4.92 Å². The Morgan fingerprint density at radius 3 is 2.89 bits per heavy atom. The number of hydrogen-bond acceptors (Lipinski definition) is 5. The monoisotopic (exact) mass is 250 g/mol. The van der Waals surface area contributed by atoms with E-state index in [1.165, 1.54) is 6.07 Å². The Labute approximate surface area is 106 Å². The summed E-state index contributed by atoms with van der Waals surface area (Å²) in [7, 11) is 0. The molecule has 0 radical (unpaired) electrons. The quantitative estimate of drug-likeness (QED) is 0.634. The van der Waals surface area contributed by atoms with Crippen molar-refractivity contribution in [2.45, 2.75) is 26.3 Å². The van der Waals surface area contributed by atoms with Crippen LogP contribution in [0.4, 0.5) is 11.5 Å². The van der Waals surface area contributed by atoms with Gasteiger partial charge in [0.25, 0.3) is 0 Å². The molecule has 0 aromatic carbocycles. The summed E-state index contributed by atoms with van der Waals surface area (Å²) in [6.07, 6.45) is 0.841. The van der Waals surface area contributed by atoms with Gasteiger partial charge < -0.3 is 10.6 Å². The van der Waals surface area contributed by atoms with Gasteiger partial charge >= 0.3 is 5.69 Å². The lowest BCUT2D eigenvalue weighted by atomic mass is 9.95. The molecule has 18 heavy (non-hydrogen) atoms. The second kappa shape index (κ2) is 4.89. The molecule has 6 heteroatoms. The fourth-order valence-corrected chi connectivity index (χ4v) is 2.27. The molecule has 2 heterocycles. The van der Waals surface area contributed by atoms with Crippen LogP contribution in [-0.4, -0.2) is 29.0 Å². The van der Waals surface area contributed by atoms with Crippen molar-refractivity contribution in [2.24, 2.45) is 11.7 Å². The van der Waals surface area contributed by atoms with Crippen molar-refractivity contribution >= 4 is 11.5 Å². The average molecular weight is 250 g/mol. The maximum absolute atomic E-state index is 11.0. The molecular weight excluding hydrogens is 232 g/mol. The van der Waals surface area contributed by atoms with E-state index in [0.29, 0.717) is 11.7 Å². The van der Waals surface area contributed by atoms with E-state index in [2.05, 4.69) is 11.9 Å². The van der Waals surface area contributed by atoms with Crippen LogP contribution in [0, 0.1) is 23.0 Å². The summed E-state index contributed by atoms with van der Waals surface area (Å²) in [4.78, 5) is 17.0. The number of pyridine rings is 1. The maximum Gasteiger partial charge on any atom is 0.311 e. The van der Waals surface area contributed by atoms with Gasteiger partial charge in [-0.1, -0.05) is 6.92 Å². The van der Waals surface area contributed by atoms with E-state index in [1.54, 1.807) is 6.07 Å². The van der Waals surface area contributed by atoms with Crippen LogP contribution in [0.2, 0.25) is 0 Å². The van der Waals surface area contributed by atoms with Crippen LogP contribution in [0.1, 0.15) is 19.0 Å². The molecule has 2 rings (SSSR count). The van der Waals surface area contributed by atoms with Gasteiger partial charge in [0, 0.05) is 30.9 Å². The van der Waals surface area contributed by atoms with Crippen molar-refractivity contribution in [2.75, 3.05) is 18.0 Å². The van der Waals surface area contributed by atoms with Crippen LogP contribution in [0.25, 0.3) is 0 Å². The van der Waals surface area contributed by atoms with E-state index in [1.807, 2.05) is 11.8 Å². The van der Waals surface area contributed by atoms with Gasteiger partial charge in [-0.05, 0) is 25.3 Å². The van der Waals surface area contributed by atoms with E-state index in [0.717, 1.165) is 25.2 Å². The summed E-state index contributed by atoms with van der Waals surface area (Å²) in [6, 6.07) is 3.36. The Hall–Kier alpha value is -1.69. The Bertz CT molecular complexity index is 463. The molecule has 1 saturated heterocycles. The van der Waals surface area contributed by atoms with Crippen LogP contribution < -0.4 is 10.6 Å². The van der Waals surface area contributed by atoms with Gasteiger partial charge in [-0.2, -0.15) is 0 Å². The van der Waals surface area contributed by atoms with Gasteiger partial charge in [-0.3, -0.25) is 10.1 Å². The summed E-state index contributed by atoms with van der Waals surface area (Å²) in [5.41, 5.74) is 6.83. The summed E-state index contributed by atoms with van der Waals surface area (Å²) in [6.45, 7) is 5.35. The van der Waals surface area contributed by atoms with E-state index < -0.39 is 0 Å². The van der Waals surface area contributed by atoms with E-state index in [4.69, 9.17) is 5.73 Å². The molecule has 1 aromatic rings. The molecule has 1 aliphatic rings. The van der Waals surface area contributed by atoms with Gasteiger partial charge in [0.2, 0.25) is 5.82 Å². The molecule has 1 aliphatic heterocycles. The molecule has 6 nitrogen and oxygen atoms in total. The number of rotatable bonds is 2. The maximum atomic E-state index is 11.0. The second-order valence-corrected chi connectivity index (χ2v) is 4.93. The highest BCUT2D eigenvalue weighted by molar-refractivity contribution is 5.58. The predicted octanol–water partition coefficient (Wildman–Crippen LogP) is 1.47. The molecule has 1 aromatic heterocycles. The first kappa shape index (κ1) is 12.8. The van der Waals surface area contributed by atoms with Crippen LogP contribution in [0.3, 0.4) is 0 Å². The van der Waals surface area contributed by atoms with Gasteiger partial charge in [-0.25, -0.2) is 4.98 Å². The normalized spacial score (nSPS) is 24.1. The summed E-state index contributed by atoms with van der Waals surface area (Å²) < 4.78 is 0. The van der Waals surface area contributed by atoms with Crippen LogP contribution >= 0.6 is 0 Å². The predicted molar refractivity (Wildman–Crippen MR) is 69.6 cm³/mol. The number of nitrogens with two attached hydrogens (primary N) is 1. The Morgan fingerprint density at radius 2 is 2.28 bits per heavy atom. The minimum atomic E-state index is -0.374. The SMILES string of the molecule is Cc1ccc([N+](=O)[O-])c(N2CCC(N)C(C)C2)n1. The van der Waals surface area contributed by atoms with Crippen LogP contribution in [-0.2, 0) is 0 Å². The molecule has 0 spiro atoms. The number of nitro groups is 1. The largest absolute Gasteiger partial charge is 0.351 e. The first-order valence-electron chi connectivity index (χ1n) is 6.11. The lowest BCUT2D eigenvalue weighted by molar-refractivity contribution is -0.384. The van der Waals surface area contributed by atoms with Crippen molar-refractivity contribution in [1.29, 1.82) is 0 Å². The number of piperidine rings is 1. The number of aryl methyl sites for hydroxylation is 1. The van der Waals surface area contributed by atoms with Crippen molar-refractivity contribution < 1.29 is 4.92 Å². The van der Waals surface area contributed by atoms with Crippen molar-refractivity contribution in [3.8, 4) is 0 Å². The first-order chi connectivity index (χ1) is 8.49. The number of aromatic nitrogens is 1. The number of nitrogens with zero attached hydrogens (tertiary/aromatic N) is 3. The lowest BCUT2D eigenvalue weighted by Crippen LogP contribution is -2.46. The topological polar surface area (TPSA) is 85.3 Å². The zero-order valence-corrected chi connectivity index (χ0v) is 10.7. The minimum Gasteiger partial charge on any atom is -0.351 e. The van der Waals surface area contributed by atoms with Crippen molar-refractivity contribution in [1.82, 2.24) is 4.98 Å². The Morgan fingerprint density at radius 1 is 1.56 bits per heavy atom. The fourth-order valence-electron chi connectivity index (χ4n) is 2.27. The smallest absolute Gasteiger partial charge is 0.311 e. The summed E-state index contributed by atoms with van der Waals surface area (Å²) >= 11 is 0. The third-order valence-corrected chi connectivity index (χ3v) is 3.46. The molecule has 1 fully saturated rings. The Balaban J connectivity index is 2.32. The molecule has 2 N–H and O–H groups in total. The zero-order chi connectivity index (χ0) is 13.3. The molecule has 2 unspecified atom stereocenters. The van der Waals surface area contributed by atoms with Gasteiger partial charge in [0.15, 0.2) is 0 Å². The molecular formula is C12H18N4O2. The highest BCUT2D eigenvalue weighted by Gasteiger charge is 2.28. The molecule has 98 valence electrons. The summed E-state index contributed by atoms with van der Waals surface area (Å²) in [5, 5.41) is 11.0.